The first-order valence-electron chi connectivity index (χ1n) is 24.8. The van der Waals surface area contributed by atoms with E-state index in [1.165, 1.54) is 128 Å². The molecule has 0 heterocycles. The quantitative estimate of drug-likeness (QED) is 0.0284. The van der Waals surface area contributed by atoms with Crippen LogP contribution in [-0.4, -0.2) is 76.9 Å². The highest BCUT2D eigenvalue weighted by molar-refractivity contribution is 6.64. The first-order chi connectivity index (χ1) is 27.3. The van der Waals surface area contributed by atoms with Crippen molar-refractivity contribution in [3.8, 4) is 0 Å². The number of carbonyl (C=O) groups excluding carboxylic acids is 1. The molecule has 0 spiro atoms. The predicted octanol–water partition coefficient (Wildman–Crippen LogP) is 14.1. The number of aliphatic hydroxyl groups is 1. The van der Waals surface area contributed by atoms with Crippen molar-refractivity contribution in [2.24, 2.45) is 5.92 Å². The van der Waals surface area contributed by atoms with Crippen molar-refractivity contribution in [2.75, 3.05) is 46.1 Å². The zero-order valence-corrected chi connectivity index (χ0v) is 39.7. The minimum Gasteiger partial charge on any atom is -0.465 e. The van der Waals surface area contributed by atoms with E-state index in [4.69, 9.17) is 18.3 Å². The van der Waals surface area contributed by atoms with Gasteiger partial charge in [-0.15, -0.1) is 0 Å². The molecule has 0 saturated carbocycles. The molecule has 0 bridgehead atoms. The monoisotopic (exact) mass is 814 g/mol. The van der Waals surface area contributed by atoms with Crippen LogP contribution in [0.1, 0.15) is 233 Å². The summed E-state index contributed by atoms with van der Waals surface area (Å²) >= 11 is 0. The molecule has 0 aromatic rings. The second kappa shape index (κ2) is 42.6. The van der Waals surface area contributed by atoms with E-state index in [1.807, 2.05) is 0 Å². The SMILES string of the molecule is CCCCCCCCCCOC(CCC)O[Si](C)(C)OCCCCCCN(CCCCO)CCCCCCOC(=O)C(CCCCCC)CCCCCCCC. The standard InChI is InChI=1S/C48H99NO6Si/c1-7-11-14-17-19-20-24-33-43-52-47(36-10-4)55-56(5,6)54-45-35-26-23-30-40-49(41-31-32-42-50)39-29-22-25-34-44-53-48(51)46(37-27-16-13-9-3)38-28-21-18-15-12-8-2/h46-47,50H,7-45H2,1-6H3. The van der Waals surface area contributed by atoms with Crippen LogP contribution < -0.4 is 0 Å². The Labute approximate surface area is 351 Å². The average Bonchev–Trinajstić information content (AvgIpc) is 3.18. The number of carbonyl (C=O) groups is 1. The predicted molar refractivity (Wildman–Crippen MR) is 243 cm³/mol. The molecule has 0 aromatic heterocycles. The lowest BCUT2D eigenvalue weighted by Crippen LogP contribution is -2.40. The van der Waals surface area contributed by atoms with Crippen molar-refractivity contribution < 1.29 is 28.2 Å². The molecule has 0 radical (unpaired) electrons. The van der Waals surface area contributed by atoms with Crippen molar-refractivity contribution in [1.82, 2.24) is 4.90 Å². The van der Waals surface area contributed by atoms with Gasteiger partial charge in [0.25, 0.3) is 0 Å². The second-order valence-electron chi connectivity index (χ2n) is 17.3. The van der Waals surface area contributed by atoms with Crippen LogP contribution in [0.3, 0.4) is 0 Å². The largest absolute Gasteiger partial charge is 0.465 e. The highest BCUT2D eigenvalue weighted by Gasteiger charge is 2.29. The maximum absolute atomic E-state index is 13.0. The van der Waals surface area contributed by atoms with Gasteiger partial charge in [-0.1, -0.05) is 169 Å². The molecule has 0 aliphatic carbocycles. The molecule has 0 aliphatic heterocycles. The zero-order valence-electron chi connectivity index (χ0n) is 38.7. The van der Waals surface area contributed by atoms with Crippen molar-refractivity contribution in [3.63, 3.8) is 0 Å². The molecule has 7 nitrogen and oxygen atoms in total. The Morgan fingerprint density at radius 2 is 0.929 bits per heavy atom. The molecule has 0 aromatic carbocycles. The van der Waals surface area contributed by atoms with E-state index >= 15 is 0 Å². The number of nitrogens with zero attached hydrogens (tertiary/aromatic N) is 1. The minimum absolute atomic E-state index is 0.0607. The van der Waals surface area contributed by atoms with Crippen LogP contribution in [0.4, 0.5) is 0 Å². The summed E-state index contributed by atoms with van der Waals surface area (Å²) in [4.78, 5) is 15.6. The summed E-state index contributed by atoms with van der Waals surface area (Å²) in [5.74, 6) is 0.156. The summed E-state index contributed by atoms with van der Waals surface area (Å²) in [6.07, 6.45) is 37.9. The molecule has 0 fully saturated rings. The van der Waals surface area contributed by atoms with E-state index in [-0.39, 0.29) is 24.8 Å². The Kier molecular flexibility index (Phi) is 42.2. The van der Waals surface area contributed by atoms with Crippen LogP contribution in [0.15, 0.2) is 0 Å². The van der Waals surface area contributed by atoms with Crippen LogP contribution in [-0.2, 0) is 23.1 Å². The molecule has 2 unspecified atom stereocenters. The van der Waals surface area contributed by atoms with Crippen molar-refractivity contribution >= 4 is 14.5 Å². The van der Waals surface area contributed by atoms with E-state index in [9.17, 15) is 9.90 Å². The zero-order chi connectivity index (χ0) is 41.2. The van der Waals surface area contributed by atoms with Crippen molar-refractivity contribution in [2.45, 2.75) is 253 Å². The fraction of sp³-hybridized carbons (Fsp3) is 0.979. The highest BCUT2D eigenvalue weighted by atomic mass is 28.4. The van der Waals surface area contributed by atoms with Crippen LogP contribution in [0.25, 0.3) is 0 Å². The van der Waals surface area contributed by atoms with Crippen molar-refractivity contribution in [1.29, 1.82) is 0 Å². The minimum atomic E-state index is -2.24. The first kappa shape index (κ1) is 55.5. The molecule has 336 valence electrons. The van der Waals surface area contributed by atoms with Crippen LogP contribution in [0.2, 0.25) is 13.1 Å². The summed E-state index contributed by atoms with van der Waals surface area (Å²) in [6, 6.07) is 0. The lowest BCUT2D eigenvalue weighted by Gasteiger charge is -2.29. The smallest absolute Gasteiger partial charge is 0.333 e. The molecule has 56 heavy (non-hydrogen) atoms. The Morgan fingerprint density at radius 3 is 1.45 bits per heavy atom. The molecule has 8 heteroatoms. The van der Waals surface area contributed by atoms with Crippen LogP contribution >= 0.6 is 0 Å². The van der Waals surface area contributed by atoms with E-state index in [0.29, 0.717) is 6.61 Å². The molecular formula is C48H99NO6Si. The third-order valence-corrected chi connectivity index (χ3v) is 12.9. The lowest BCUT2D eigenvalue weighted by molar-refractivity contribution is -0.149. The van der Waals surface area contributed by atoms with Crippen molar-refractivity contribution in [3.05, 3.63) is 0 Å². The highest BCUT2D eigenvalue weighted by Crippen LogP contribution is 2.21. The molecule has 0 aliphatic rings. The molecule has 0 rings (SSSR count). The fourth-order valence-electron chi connectivity index (χ4n) is 7.56. The summed E-state index contributed by atoms with van der Waals surface area (Å²) < 4.78 is 24.8. The molecule has 1 N–H and O–H groups in total. The van der Waals surface area contributed by atoms with Gasteiger partial charge in [0.2, 0.25) is 0 Å². The van der Waals surface area contributed by atoms with Gasteiger partial charge in [0.05, 0.1) is 12.5 Å². The second-order valence-corrected chi connectivity index (χ2v) is 20.6. The topological polar surface area (TPSA) is 77.5 Å². The van der Waals surface area contributed by atoms with E-state index < -0.39 is 8.56 Å². The Morgan fingerprint density at radius 1 is 0.500 bits per heavy atom. The number of ether oxygens (including phenoxy) is 2. The van der Waals surface area contributed by atoms with Gasteiger partial charge in [0, 0.05) is 19.8 Å². The van der Waals surface area contributed by atoms with Gasteiger partial charge >= 0.3 is 14.5 Å². The van der Waals surface area contributed by atoms with Gasteiger partial charge in [-0.25, -0.2) is 0 Å². The van der Waals surface area contributed by atoms with E-state index in [0.717, 1.165) is 110 Å². The van der Waals surface area contributed by atoms with Gasteiger partial charge in [-0.05, 0) is 96.9 Å². The van der Waals surface area contributed by atoms with Gasteiger partial charge in [0.15, 0.2) is 0 Å². The third-order valence-electron chi connectivity index (χ3n) is 11.2. The Balaban J connectivity index is 4.29. The molecule has 0 saturated heterocycles. The first-order valence-corrected chi connectivity index (χ1v) is 27.6. The summed E-state index contributed by atoms with van der Waals surface area (Å²) in [6.45, 7) is 19.0. The number of hydrogen-bond acceptors (Lipinski definition) is 7. The number of esters is 1. The maximum Gasteiger partial charge on any atom is 0.333 e. The molecule has 0 amide bonds. The summed E-state index contributed by atoms with van der Waals surface area (Å²) in [5, 5.41) is 9.34. The Hall–Kier alpha value is -0.513. The Bertz CT molecular complexity index is 802. The third kappa shape index (κ3) is 37.7. The normalized spacial score (nSPS) is 13.1. The number of unbranched alkanes of at least 4 members (excludes halogenated alkanes) is 22. The molecular weight excluding hydrogens is 715 g/mol. The van der Waals surface area contributed by atoms with Gasteiger partial charge < -0.3 is 28.3 Å². The average molecular weight is 814 g/mol. The van der Waals surface area contributed by atoms with E-state index in [2.05, 4.69) is 45.7 Å². The number of hydrogen-bond donors (Lipinski definition) is 1. The molecule has 2 atom stereocenters. The van der Waals surface area contributed by atoms with Gasteiger partial charge in [-0.3, -0.25) is 4.79 Å². The summed E-state index contributed by atoms with van der Waals surface area (Å²) in [5.41, 5.74) is 0. The van der Waals surface area contributed by atoms with Crippen LogP contribution in [0, 0.1) is 5.92 Å². The number of aliphatic hydroxyl groups excluding tert-OH is 1. The fourth-order valence-corrected chi connectivity index (χ4v) is 9.08. The summed E-state index contributed by atoms with van der Waals surface area (Å²) in [7, 11) is -2.24. The van der Waals surface area contributed by atoms with Gasteiger partial charge in [0.1, 0.15) is 6.29 Å². The number of rotatable bonds is 46. The van der Waals surface area contributed by atoms with Crippen LogP contribution in [0.5, 0.6) is 0 Å². The van der Waals surface area contributed by atoms with E-state index in [1.54, 1.807) is 0 Å². The lowest BCUT2D eigenvalue weighted by atomic mass is 9.94. The van der Waals surface area contributed by atoms with Gasteiger partial charge in [-0.2, -0.15) is 0 Å². The maximum atomic E-state index is 13.0.